The number of aryl methyl sites for hydroxylation is 3. The van der Waals surface area contributed by atoms with E-state index in [0.29, 0.717) is 30.1 Å². The number of nitrogens with zero attached hydrogens (tertiary/aromatic N) is 3. The Kier molecular flexibility index (Phi) is 7.64. The maximum absolute atomic E-state index is 12.8. The van der Waals surface area contributed by atoms with Gasteiger partial charge in [0.1, 0.15) is 11.6 Å². The van der Waals surface area contributed by atoms with Gasteiger partial charge in [0.25, 0.3) is 0 Å². The number of alkyl halides is 3. The highest BCUT2D eigenvalue weighted by Crippen LogP contribution is 2.30. The van der Waals surface area contributed by atoms with Gasteiger partial charge in [0, 0.05) is 18.5 Å². The van der Waals surface area contributed by atoms with Crippen LogP contribution in [0, 0.1) is 0 Å². The Hall–Kier alpha value is -3.36. The van der Waals surface area contributed by atoms with Gasteiger partial charge in [-0.25, -0.2) is 14.5 Å². The first-order chi connectivity index (χ1) is 16.0. The number of ether oxygens (including phenoxy) is 1. The lowest BCUT2D eigenvalue weighted by molar-refractivity contribution is -0.152. The molecule has 0 saturated carbocycles. The first-order valence-electron chi connectivity index (χ1n) is 11.1. The van der Waals surface area contributed by atoms with Crippen LogP contribution in [0.1, 0.15) is 50.6 Å². The van der Waals surface area contributed by atoms with Crippen LogP contribution < -0.4 is 4.74 Å². The van der Waals surface area contributed by atoms with Gasteiger partial charge in [0.05, 0.1) is 5.56 Å². The summed E-state index contributed by atoms with van der Waals surface area (Å²) >= 11 is 0. The maximum Gasteiger partial charge on any atom is 0.416 e. The zero-order valence-electron chi connectivity index (χ0n) is 19.4. The topological polar surface area (TPSA) is 77.2 Å². The number of carbonyl (C=O) groups is 1. The van der Waals surface area contributed by atoms with Gasteiger partial charge in [0.2, 0.25) is 0 Å². The summed E-state index contributed by atoms with van der Waals surface area (Å²) in [5, 5.41) is 13.7. The molecule has 0 spiro atoms. The van der Waals surface area contributed by atoms with Crippen molar-refractivity contribution in [2.75, 3.05) is 0 Å². The smallest absolute Gasteiger partial charge is 0.416 e. The molecule has 0 fully saturated rings. The van der Waals surface area contributed by atoms with Crippen molar-refractivity contribution in [2.45, 2.75) is 64.8 Å². The van der Waals surface area contributed by atoms with E-state index in [2.05, 4.69) is 10.1 Å². The number of hydrogen-bond donors (Lipinski definition) is 1. The lowest BCUT2D eigenvalue weighted by Crippen LogP contribution is -2.37. The highest BCUT2D eigenvalue weighted by molar-refractivity contribution is 5.76. The molecule has 0 saturated heterocycles. The number of hydrogen-bond acceptors (Lipinski definition) is 4. The molecule has 0 unspecified atom stereocenters. The molecule has 0 bridgehead atoms. The summed E-state index contributed by atoms with van der Waals surface area (Å²) in [5.41, 5.74) is -0.392. The van der Waals surface area contributed by atoms with E-state index in [4.69, 9.17) is 4.74 Å². The average Bonchev–Trinajstić information content (AvgIpc) is 3.17. The van der Waals surface area contributed by atoms with Crippen LogP contribution in [-0.2, 0) is 30.4 Å². The fourth-order valence-corrected chi connectivity index (χ4v) is 3.39. The monoisotopic (exact) mass is 475 g/mol. The van der Waals surface area contributed by atoms with E-state index in [0.717, 1.165) is 42.8 Å². The van der Waals surface area contributed by atoms with E-state index in [1.54, 1.807) is 12.1 Å². The maximum atomic E-state index is 12.8. The molecule has 1 heterocycles. The number of aliphatic carboxylic acids is 1. The van der Waals surface area contributed by atoms with Crippen LogP contribution >= 0.6 is 0 Å². The summed E-state index contributed by atoms with van der Waals surface area (Å²) in [7, 11) is 0. The van der Waals surface area contributed by atoms with Gasteiger partial charge in [-0.2, -0.15) is 18.3 Å². The molecule has 9 heteroatoms. The van der Waals surface area contributed by atoms with Gasteiger partial charge in [-0.1, -0.05) is 31.2 Å². The number of carboxylic acid groups (broad SMARTS) is 1. The number of halogens is 3. The predicted octanol–water partition coefficient (Wildman–Crippen LogP) is 5.79. The molecule has 0 aliphatic carbocycles. The van der Waals surface area contributed by atoms with E-state index in [-0.39, 0.29) is 0 Å². The largest absolute Gasteiger partial charge is 0.478 e. The number of benzene rings is 2. The van der Waals surface area contributed by atoms with Crippen LogP contribution in [0.25, 0.3) is 11.4 Å². The van der Waals surface area contributed by atoms with E-state index in [1.165, 1.54) is 26.0 Å². The van der Waals surface area contributed by atoms with Crippen molar-refractivity contribution in [3.05, 3.63) is 65.5 Å². The van der Waals surface area contributed by atoms with Gasteiger partial charge in [-0.3, -0.25) is 0 Å². The van der Waals surface area contributed by atoms with Crippen molar-refractivity contribution in [3.63, 3.8) is 0 Å². The summed E-state index contributed by atoms with van der Waals surface area (Å²) in [4.78, 5) is 15.8. The molecule has 6 nitrogen and oxygen atoms in total. The highest BCUT2D eigenvalue weighted by atomic mass is 19.4. The number of carboxylic acids is 1. The molecule has 0 aliphatic rings. The van der Waals surface area contributed by atoms with Gasteiger partial charge < -0.3 is 9.84 Å². The Morgan fingerprint density at radius 2 is 1.68 bits per heavy atom. The van der Waals surface area contributed by atoms with Crippen LogP contribution in [0.2, 0.25) is 0 Å². The van der Waals surface area contributed by atoms with Gasteiger partial charge in [0.15, 0.2) is 11.4 Å². The molecule has 0 radical (unpaired) electrons. The minimum atomic E-state index is -4.38. The Bertz CT molecular complexity index is 1110. The molecule has 182 valence electrons. The lowest BCUT2D eigenvalue weighted by atomic mass is 10.1. The summed E-state index contributed by atoms with van der Waals surface area (Å²) in [5.74, 6) is 0.656. The minimum absolute atomic E-state index is 0.416. The van der Waals surface area contributed by atoms with Crippen molar-refractivity contribution in [1.82, 2.24) is 14.8 Å². The molecule has 34 heavy (non-hydrogen) atoms. The summed E-state index contributed by atoms with van der Waals surface area (Å²) in [6.07, 6.45) is -1.28. The second kappa shape index (κ2) is 10.3. The second-order valence-corrected chi connectivity index (χ2v) is 8.56. The van der Waals surface area contributed by atoms with E-state index < -0.39 is 23.3 Å². The Labute approximate surface area is 196 Å². The number of rotatable bonds is 10. The molecule has 0 atom stereocenters. The third kappa shape index (κ3) is 6.36. The average molecular weight is 476 g/mol. The fourth-order valence-electron chi connectivity index (χ4n) is 3.39. The second-order valence-electron chi connectivity index (χ2n) is 8.56. The zero-order chi connectivity index (χ0) is 24.9. The molecule has 2 aromatic carbocycles. The molecule has 3 rings (SSSR count). The van der Waals surface area contributed by atoms with Crippen LogP contribution in [0.15, 0.2) is 48.5 Å². The van der Waals surface area contributed by atoms with Crippen LogP contribution in [-0.4, -0.2) is 31.4 Å². The summed E-state index contributed by atoms with van der Waals surface area (Å²) < 4.78 is 45.8. The standard InChI is InChI=1S/C25H28F3N3O3/c1-4-16-31-21(29-22(30-31)18-10-12-19(13-11-18)25(26,27)28)7-5-6-17-8-14-20(15-9-17)34-24(2,3)23(32)33/h8-15H,4-7,16H2,1-3H3,(H,32,33). The van der Waals surface area contributed by atoms with E-state index >= 15 is 0 Å². The Morgan fingerprint density at radius 3 is 2.24 bits per heavy atom. The third-order valence-electron chi connectivity index (χ3n) is 5.33. The Balaban J connectivity index is 1.64. The van der Waals surface area contributed by atoms with Crippen molar-refractivity contribution in [1.29, 1.82) is 0 Å². The van der Waals surface area contributed by atoms with Crippen molar-refractivity contribution in [3.8, 4) is 17.1 Å². The quantitative estimate of drug-likeness (QED) is 0.402. The fraction of sp³-hybridized carbons (Fsp3) is 0.400. The molecule has 1 aromatic heterocycles. The normalized spacial score (nSPS) is 12.1. The van der Waals surface area contributed by atoms with Crippen molar-refractivity contribution >= 4 is 5.97 Å². The molecular weight excluding hydrogens is 447 g/mol. The summed E-state index contributed by atoms with van der Waals surface area (Å²) in [6, 6.07) is 12.2. The third-order valence-corrected chi connectivity index (χ3v) is 5.33. The first kappa shape index (κ1) is 25.3. The van der Waals surface area contributed by atoms with Gasteiger partial charge in [-0.05, 0) is 62.9 Å². The minimum Gasteiger partial charge on any atom is -0.478 e. The molecule has 1 N–H and O–H groups in total. The molecular formula is C25H28F3N3O3. The highest BCUT2D eigenvalue weighted by Gasteiger charge is 2.30. The summed E-state index contributed by atoms with van der Waals surface area (Å²) in [6.45, 7) is 5.69. The van der Waals surface area contributed by atoms with E-state index in [9.17, 15) is 23.1 Å². The van der Waals surface area contributed by atoms with Crippen LogP contribution in [0.4, 0.5) is 13.2 Å². The predicted molar refractivity (Wildman–Crippen MR) is 122 cm³/mol. The van der Waals surface area contributed by atoms with Gasteiger partial charge >= 0.3 is 12.1 Å². The van der Waals surface area contributed by atoms with E-state index in [1.807, 2.05) is 23.7 Å². The molecule has 3 aromatic rings. The molecule has 0 aliphatic heterocycles. The molecule has 0 amide bonds. The van der Waals surface area contributed by atoms with Crippen molar-refractivity contribution < 1.29 is 27.8 Å². The van der Waals surface area contributed by atoms with Crippen molar-refractivity contribution in [2.24, 2.45) is 0 Å². The lowest BCUT2D eigenvalue weighted by Gasteiger charge is -2.21. The zero-order valence-corrected chi connectivity index (χ0v) is 19.4. The van der Waals surface area contributed by atoms with Crippen LogP contribution in [0.3, 0.4) is 0 Å². The van der Waals surface area contributed by atoms with Crippen LogP contribution in [0.5, 0.6) is 5.75 Å². The first-order valence-corrected chi connectivity index (χ1v) is 11.1. The number of aromatic nitrogens is 3. The van der Waals surface area contributed by atoms with Gasteiger partial charge in [-0.15, -0.1) is 0 Å². The Morgan fingerprint density at radius 1 is 1.03 bits per heavy atom. The SMILES string of the molecule is CCCn1nc(-c2ccc(C(F)(F)F)cc2)nc1CCCc1ccc(OC(C)(C)C(=O)O)cc1.